The van der Waals surface area contributed by atoms with Crippen LogP contribution in [0.25, 0.3) is 5.95 Å². The van der Waals surface area contributed by atoms with Crippen molar-refractivity contribution in [1.82, 2.24) is 24.7 Å². The minimum Gasteiger partial charge on any atom is -0.368 e. The van der Waals surface area contributed by atoms with E-state index >= 15 is 0 Å². The summed E-state index contributed by atoms with van der Waals surface area (Å²) in [5.74, 6) is 0.871. The number of nitrogens with zero attached hydrogens (tertiary/aromatic N) is 5. The smallest absolute Gasteiger partial charge is 0.257 e. The number of hydrogen-bond donors (Lipinski definition) is 2. The van der Waals surface area contributed by atoms with E-state index in [-0.39, 0.29) is 5.95 Å². The van der Waals surface area contributed by atoms with Crippen molar-refractivity contribution < 1.29 is 0 Å². The molecular weight excluding hydrogens is 334 g/mol. The molecule has 0 unspecified atom stereocenters. The molecule has 3 rings (SSSR count). The molecule has 0 saturated carbocycles. The van der Waals surface area contributed by atoms with Gasteiger partial charge >= 0.3 is 0 Å². The highest BCUT2D eigenvalue weighted by Crippen LogP contribution is 2.22. The van der Waals surface area contributed by atoms with Crippen molar-refractivity contribution in [1.29, 1.82) is 0 Å². The molecule has 0 saturated heterocycles. The monoisotopic (exact) mass is 345 g/mol. The lowest BCUT2D eigenvalue weighted by molar-refractivity contribution is 0.801. The summed E-state index contributed by atoms with van der Waals surface area (Å²) in [5.41, 5.74) is 7.69. The van der Waals surface area contributed by atoms with Gasteiger partial charge in [0.2, 0.25) is 11.9 Å². The Kier molecular flexibility index (Phi) is 3.53. The van der Waals surface area contributed by atoms with Crippen LogP contribution in [0.1, 0.15) is 5.56 Å². The van der Waals surface area contributed by atoms with Crippen LogP contribution in [0.3, 0.4) is 0 Å². The van der Waals surface area contributed by atoms with Crippen LogP contribution in [0.5, 0.6) is 0 Å². The molecule has 2 aromatic heterocycles. The maximum Gasteiger partial charge on any atom is 0.257 e. The molecule has 0 fully saturated rings. The Bertz CT molecular complexity index is 770. The maximum atomic E-state index is 5.73. The first kappa shape index (κ1) is 13.5. The standard InChI is InChI=1S/C13H12BrN7/c1-8-7-9(14)3-4-10(8)17-12-18-11(15)19-13(20-12)21-6-2-5-16-21/h2-7H,1H3,(H3,15,17,18,19,20). The van der Waals surface area contributed by atoms with E-state index in [0.717, 1.165) is 15.7 Å². The van der Waals surface area contributed by atoms with Crippen molar-refractivity contribution in [3.63, 3.8) is 0 Å². The quantitative estimate of drug-likeness (QED) is 0.757. The Balaban J connectivity index is 1.95. The summed E-state index contributed by atoms with van der Waals surface area (Å²) in [4.78, 5) is 12.5. The zero-order valence-electron chi connectivity index (χ0n) is 11.2. The first-order valence-corrected chi connectivity index (χ1v) is 6.96. The Morgan fingerprint density at radius 3 is 2.81 bits per heavy atom. The van der Waals surface area contributed by atoms with Crippen LogP contribution in [-0.4, -0.2) is 24.7 Å². The fourth-order valence-electron chi connectivity index (χ4n) is 1.81. The molecule has 0 radical (unpaired) electrons. The Hall–Kier alpha value is -2.48. The number of halogens is 1. The molecule has 8 heteroatoms. The number of aromatic nitrogens is 5. The number of hydrogen-bond acceptors (Lipinski definition) is 6. The second-order valence-corrected chi connectivity index (χ2v) is 5.27. The second kappa shape index (κ2) is 5.49. The number of nitrogens with one attached hydrogen (secondary N) is 1. The maximum absolute atomic E-state index is 5.73. The van der Waals surface area contributed by atoms with Gasteiger partial charge in [-0.3, -0.25) is 0 Å². The predicted molar refractivity (Wildman–Crippen MR) is 83.5 cm³/mol. The van der Waals surface area contributed by atoms with Crippen molar-refractivity contribution in [2.75, 3.05) is 11.1 Å². The number of benzene rings is 1. The number of aryl methyl sites for hydroxylation is 1. The van der Waals surface area contributed by atoms with Crippen LogP contribution in [0.4, 0.5) is 17.6 Å². The molecule has 0 amide bonds. The van der Waals surface area contributed by atoms with Crippen LogP contribution < -0.4 is 11.1 Å². The normalized spacial score (nSPS) is 10.6. The third-order valence-corrected chi connectivity index (χ3v) is 3.28. The van der Waals surface area contributed by atoms with Crippen molar-refractivity contribution in [3.8, 4) is 5.95 Å². The van der Waals surface area contributed by atoms with Gasteiger partial charge in [-0.05, 0) is 36.8 Å². The first-order chi connectivity index (χ1) is 10.1. The van der Waals surface area contributed by atoms with Crippen molar-refractivity contribution in [3.05, 3.63) is 46.7 Å². The van der Waals surface area contributed by atoms with Crippen molar-refractivity contribution >= 4 is 33.5 Å². The molecular formula is C13H12BrN7. The largest absolute Gasteiger partial charge is 0.368 e. The van der Waals surface area contributed by atoms with Gasteiger partial charge < -0.3 is 11.1 Å². The highest BCUT2D eigenvalue weighted by atomic mass is 79.9. The molecule has 21 heavy (non-hydrogen) atoms. The molecule has 0 aliphatic rings. The third kappa shape index (κ3) is 3.00. The van der Waals surface area contributed by atoms with Gasteiger partial charge in [0.05, 0.1) is 0 Å². The molecule has 3 aromatic rings. The van der Waals surface area contributed by atoms with E-state index < -0.39 is 0 Å². The molecule has 7 nitrogen and oxygen atoms in total. The highest BCUT2D eigenvalue weighted by molar-refractivity contribution is 9.10. The van der Waals surface area contributed by atoms with Gasteiger partial charge in [-0.25, -0.2) is 4.68 Å². The summed E-state index contributed by atoms with van der Waals surface area (Å²) in [5, 5.41) is 7.22. The summed E-state index contributed by atoms with van der Waals surface area (Å²) in [6.07, 6.45) is 3.38. The molecule has 0 bridgehead atoms. The molecule has 1 aromatic carbocycles. The van der Waals surface area contributed by atoms with E-state index in [4.69, 9.17) is 5.73 Å². The Morgan fingerprint density at radius 2 is 2.10 bits per heavy atom. The van der Waals surface area contributed by atoms with Gasteiger partial charge in [0.25, 0.3) is 5.95 Å². The van der Waals surface area contributed by atoms with E-state index in [1.54, 1.807) is 18.5 Å². The van der Waals surface area contributed by atoms with Gasteiger partial charge in [0, 0.05) is 22.6 Å². The lowest BCUT2D eigenvalue weighted by Crippen LogP contribution is -2.09. The molecule has 0 atom stereocenters. The fraction of sp³-hybridized carbons (Fsp3) is 0.0769. The van der Waals surface area contributed by atoms with Crippen molar-refractivity contribution in [2.24, 2.45) is 0 Å². The lowest BCUT2D eigenvalue weighted by Gasteiger charge is -2.09. The first-order valence-electron chi connectivity index (χ1n) is 6.16. The molecule has 0 aliphatic heterocycles. The molecule has 3 N–H and O–H groups in total. The predicted octanol–water partition coefficient (Wildman–Crippen LogP) is 2.45. The average Bonchev–Trinajstić information content (AvgIpc) is 2.95. The van der Waals surface area contributed by atoms with E-state index in [2.05, 4.69) is 41.3 Å². The van der Waals surface area contributed by atoms with Gasteiger partial charge in [0.1, 0.15) is 0 Å². The average molecular weight is 346 g/mol. The zero-order chi connectivity index (χ0) is 14.8. The number of nitrogen functional groups attached to an aromatic ring is 1. The molecule has 2 heterocycles. The summed E-state index contributed by atoms with van der Waals surface area (Å²) in [6, 6.07) is 7.66. The summed E-state index contributed by atoms with van der Waals surface area (Å²) in [6.45, 7) is 1.99. The van der Waals surface area contributed by atoms with Crippen LogP contribution in [0.15, 0.2) is 41.1 Å². The number of nitrogens with two attached hydrogens (primary N) is 1. The van der Waals surface area contributed by atoms with E-state index in [1.807, 2.05) is 25.1 Å². The number of rotatable bonds is 3. The van der Waals surface area contributed by atoms with Gasteiger partial charge in [-0.15, -0.1) is 0 Å². The summed E-state index contributed by atoms with van der Waals surface area (Å²) >= 11 is 3.43. The van der Waals surface area contributed by atoms with Crippen LogP contribution in [-0.2, 0) is 0 Å². The summed E-state index contributed by atoms with van der Waals surface area (Å²) in [7, 11) is 0. The van der Waals surface area contributed by atoms with Gasteiger partial charge in [-0.2, -0.15) is 20.1 Å². The highest BCUT2D eigenvalue weighted by Gasteiger charge is 2.08. The van der Waals surface area contributed by atoms with Crippen LogP contribution in [0.2, 0.25) is 0 Å². The van der Waals surface area contributed by atoms with Gasteiger partial charge in [-0.1, -0.05) is 15.9 Å². The Labute approximate surface area is 129 Å². The van der Waals surface area contributed by atoms with E-state index in [1.165, 1.54) is 4.68 Å². The minimum atomic E-state index is 0.132. The summed E-state index contributed by atoms with van der Waals surface area (Å²) < 4.78 is 2.54. The minimum absolute atomic E-state index is 0.132. The topological polar surface area (TPSA) is 94.5 Å². The second-order valence-electron chi connectivity index (χ2n) is 4.35. The van der Waals surface area contributed by atoms with E-state index in [9.17, 15) is 0 Å². The van der Waals surface area contributed by atoms with Crippen molar-refractivity contribution in [2.45, 2.75) is 6.92 Å². The van der Waals surface area contributed by atoms with E-state index in [0.29, 0.717) is 11.9 Å². The molecule has 106 valence electrons. The number of anilines is 3. The molecule has 0 aliphatic carbocycles. The molecule has 0 spiro atoms. The Morgan fingerprint density at radius 1 is 1.24 bits per heavy atom. The van der Waals surface area contributed by atoms with Crippen LogP contribution in [0, 0.1) is 6.92 Å². The lowest BCUT2D eigenvalue weighted by atomic mass is 10.2. The zero-order valence-corrected chi connectivity index (χ0v) is 12.7. The third-order valence-electron chi connectivity index (χ3n) is 2.79. The fourth-order valence-corrected chi connectivity index (χ4v) is 2.29. The van der Waals surface area contributed by atoms with Gasteiger partial charge in [0.15, 0.2) is 0 Å². The van der Waals surface area contributed by atoms with Crippen LogP contribution >= 0.6 is 15.9 Å². The SMILES string of the molecule is Cc1cc(Br)ccc1Nc1nc(N)nc(-n2cccn2)n1.